The van der Waals surface area contributed by atoms with Crippen molar-refractivity contribution < 1.29 is 52.7 Å². The Morgan fingerprint density at radius 1 is 0.980 bits per heavy atom. The van der Waals surface area contributed by atoms with E-state index in [-0.39, 0.29) is 31.1 Å². The predicted molar refractivity (Wildman–Crippen MR) is 184 cm³/mol. The zero-order chi connectivity index (χ0) is 38.3. The average Bonchev–Trinajstić information content (AvgIpc) is 3.77. The van der Waals surface area contributed by atoms with Crippen LogP contribution in [0.15, 0.2) is 12.5 Å². The van der Waals surface area contributed by atoms with Crippen LogP contribution >= 0.6 is 19.6 Å². The van der Waals surface area contributed by atoms with Crippen LogP contribution in [0.1, 0.15) is 52.1 Å². The number of phosphoric acid groups is 1. The van der Waals surface area contributed by atoms with Crippen LogP contribution in [0.3, 0.4) is 0 Å². The van der Waals surface area contributed by atoms with Gasteiger partial charge in [-0.05, 0) is 57.1 Å². The second kappa shape index (κ2) is 21.1. The summed E-state index contributed by atoms with van der Waals surface area (Å²) in [4.78, 5) is 104. The van der Waals surface area contributed by atoms with E-state index in [4.69, 9.17) is 5.73 Å². The van der Waals surface area contributed by atoms with Crippen molar-refractivity contribution in [1.82, 2.24) is 41.9 Å². The van der Waals surface area contributed by atoms with Crippen molar-refractivity contribution in [3.63, 3.8) is 0 Å². The monoisotopic (exact) mass is 763 g/mol. The third-order valence-electron chi connectivity index (χ3n) is 7.77. The van der Waals surface area contributed by atoms with Crippen molar-refractivity contribution in [2.75, 3.05) is 25.2 Å². The minimum Gasteiger partial charge on any atom is -0.394 e. The van der Waals surface area contributed by atoms with E-state index >= 15 is 0 Å². The van der Waals surface area contributed by atoms with Gasteiger partial charge in [-0.25, -0.2) is 9.55 Å². The summed E-state index contributed by atoms with van der Waals surface area (Å²) in [6.07, 6.45) is 4.45. The summed E-state index contributed by atoms with van der Waals surface area (Å²) < 4.78 is 16.2. The Hall–Kier alpha value is -3.59. The molecule has 1 aliphatic heterocycles. The van der Waals surface area contributed by atoms with Gasteiger partial charge in [-0.1, -0.05) is 13.8 Å². The molecule has 1 saturated heterocycles. The Morgan fingerprint density at radius 2 is 1.61 bits per heavy atom. The topological polar surface area (TPSA) is 316 Å². The quantitative estimate of drug-likeness (QED) is 0.0522. The van der Waals surface area contributed by atoms with Gasteiger partial charge in [0.2, 0.25) is 35.4 Å². The molecule has 1 aliphatic rings. The van der Waals surface area contributed by atoms with Gasteiger partial charge in [0.25, 0.3) is 0 Å². The first-order valence-corrected chi connectivity index (χ1v) is 19.2. The van der Waals surface area contributed by atoms with Crippen molar-refractivity contribution in [3.05, 3.63) is 18.2 Å². The van der Waals surface area contributed by atoms with Crippen molar-refractivity contribution in [3.8, 4) is 0 Å². The zero-order valence-corrected chi connectivity index (χ0v) is 30.6. The molecule has 0 unspecified atom stereocenters. The van der Waals surface area contributed by atoms with Crippen LogP contribution in [0.25, 0.3) is 0 Å². The van der Waals surface area contributed by atoms with Crippen LogP contribution in [0.5, 0.6) is 0 Å². The molecule has 1 aromatic heterocycles. The number of nitrogens with two attached hydrogens (primary N) is 1. The maximum Gasteiger partial charge on any atom is 0.469 e. The molecular formula is C29H50N9O11PS. The largest absolute Gasteiger partial charge is 0.469 e. The van der Waals surface area contributed by atoms with Crippen LogP contribution in [-0.4, -0.2) is 128 Å². The lowest BCUT2D eigenvalue weighted by molar-refractivity contribution is -0.136. The number of aromatic nitrogens is 2. The number of primary amides is 1. The molecule has 0 aromatic carbocycles. The summed E-state index contributed by atoms with van der Waals surface area (Å²) in [5, 5.41) is 25.4. The molecule has 22 heteroatoms. The fourth-order valence-electron chi connectivity index (χ4n) is 5.16. The molecule has 0 radical (unpaired) electrons. The number of nitrogens with one attached hydrogen (secondary N) is 7. The fraction of sp³-hybridized carbons (Fsp3) is 0.690. The Morgan fingerprint density at radius 3 is 2.14 bits per heavy atom. The first-order valence-electron chi connectivity index (χ1n) is 16.3. The molecule has 0 spiro atoms. The lowest BCUT2D eigenvalue weighted by Gasteiger charge is -2.29. The minimum atomic E-state index is -5.19. The molecule has 2 heterocycles. The van der Waals surface area contributed by atoms with Crippen LogP contribution in [0.2, 0.25) is 0 Å². The van der Waals surface area contributed by atoms with E-state index in [1.165, 1.54) is 24.3 Å². The minimum absolute atomic E-state index is 0.0224. The van der Waals surface area contributed by atoms with Gasteiger partial charge in [0.15, 0.2) is 0 Å². The highest BCUT2D eigenvalue weighted by Crippen LogP contribution is 2.38. The van der Waals surface area contributed by atoms with Gasteiger partial charge >= 0.3 is 7.82 Å². The third-order valence-corrected chi connectivity index (χ3v) is 9.02. The van der Waals surface area contributed by atoms with E-state index in [9.17, 15) is 48.2 Å². The summed E-state index contributed by atoms with van der Waals surface area (Å²) in [5.41, 5.74) is 5.81. The number of hydrogen-bond acceptors (Lipinski definition) is 12. The number of carbonyl (C=O) groups is 6. The molecule has 288 valence electrons. The van der Waals surface area contributed by atoms with Gasteiger partial charge in [-0.15, -0.1) is 0 Å². The third kappa shape index (κ3) is 15.3. The highest BCUT2D eigenvalue weighted by Gasteiger charge is 2.37. The second-order valence-corrected chi connectivity index (χ2v) is 14.6. The Labute approximate surface area is 299 Å². The van der Waals surface area contributed by atoms with Gasteiger partial charge in [0.1, 0.15) is 30.2 Å². The molecule has 51 heavy (non-hydrogen) atoms. The molecular weight excluding hydrogens is 713 g/mol. The van der Waals surface area contributed by atoms with E-state index in [2.05, 4.69) is 46.4 Å². The first kappa shape index (κ1) is 43.6. The molecule has 1 fully saturated rings. The predicted octanol–water partition coefficient (Wildman–Crippen LogP) is -3.10. The number of hydrogen-bond donors (Lipinski definition) is 11. The standard InChI is InChI=1S/C29H50N9O11PS/c1-15(2)10-20(35-25(41)19-6-5-8-32-19)26(42)36-21(11-17-12-31-14-33-17)27(43)37-22(13-39)28(44)38-23(16(3)49-50(46,47)48)29(45)34-18(24(30)40)7-9-51-4/h12,14-16,18-23,32,39H,5-11,13H2,1-4H3,(H2,30,40)(H,31,33)(H,34,45)(H,35,41)(H,36,42)(H,37,43)(H,38,44)(H2,46,47,48)/t16-,18+,19+,20+,21+,22+,23+/m1/s1. The highest BCUT2D eigenvalue weighted by atomic mass is 32.2. The molecule has 0 aliphatic carbocycles. The number of nitrogens with zero attached hydrogens (tertiary/aromatic N) is 1. The molecule has 12 N–H and O–H groups in total. The SMILES string of the molecule is CSCC[C@H](NC(=O)[C@@H](NC(=O)[C@H](CO)NC(=O)[C@H](Cc1cnc[nH]1)NC(=O)[C@H](CC(C)C)NC(=O)[C@@H]1CCCN1)[C@@H](C)OP(=O)(O)O)C(N)=O. The van der Waals surface area contributed by atoms with Crippen LogP contribution in [0, 0.1) is 5.92 Å². The Kier molecular flexibility index (Phi) is 18.0. The normalized spacial score (nSPS) is 18.1. The van der Waals surface area contributed by atoms with E-state index < -0.39 is 86.3 Å². The number of amides is 6. The number of thioether (sulfide) groups is 1. The number of H-pyrrole nitrogens is 1. The first-order chi connectivity index (χ1) is 23.9. The van der Waals surface area contributed by atoms with Crippen molar-refractivity contribution >= 4 is 55.0 Å². The number of rotatable bonds is 22. The van der Waals surface area contributed by atoms with Gasteiger partial charge in [0, 0.05) is 18.3 Å². The van der Waals surface area contributed by atoms with E-state index in [0.717, 1.165) is 13.3 Å². The summed E-state index contributed by atoms with van der Waals surface area (Å²) in [7, 11) is -5.19. The molecule has 20 nitrogen and oxygen atoms in total. The van der Waals surface area contributed by atoms with Gasteiger partial charge in [-0.2, -0.15) is 11.8 Å². The number of aliphatic hydroxyl groups is 1. The molecule has 7 atom stereocenters. The maximum absolute atomic E-state index is 13.6. The fourth-order valence-corrected chi connectivity index (χ4v) is 6.18. The van der Waals surface area contributed by atoms with Gasteiger partial charge in [-0.3, -0.25) is 33.3 Å². The lowest BCUT2D eigenvalue weighted by Crippen LogP contribution is -2.62. The lowest BCUT2D eigenvalue weighted by atomic mass is 10.0. The molecule has 6 amide bonds. The number of aromatic amines is 1. The Balaban J connectivity index is 2.28. The van der Waals surface area contributed by atoms with Crippen molar-refractivity contribution in [1.29, 1.82) is 0 Å². The van der Waals surface area contributed by atoms with E-state index in [1.54, 1.807) is 6.26 Å². The van der Waals surface area contributed by atoms with Crippen molar-refractivity contribution in [2.24, 2.45) is 11.7 Å². The van der Waals surface area contributed by atoms with Crippen LogP contribution < -0.4 is 37.6 Å². The number of carbonyl (C=O) groups excluding carboxylic acids is 6. The number of imidazole rings is 1. The highest BCUT2D eigenvalue weighted by molar-refractivity contribution is 7.98. The van der Waals surface area contributed by atoms with E-state index in [1.807, 2.05) is 13.8 Å². The maximum atomic E-state index is 13.6. The summed E-state index contributed by atoms with van der Waals surface area (Å²) in [6.45, 7) is 4.44. The number of aliphatic hydroxyl groups excluding tert-OH is 1. The van der Waals surface area contributed by atoms with Crippen LogP contribution in [0.4, 0.5) is 0 Å². The summed E-state index contributed by atoms with van der Waals surface area (Å²) in [6, 6.07) is -7.63. The molecule has 2 rings (SSSR count). The van der Waals surface area contributed by atoms with Gasteiger partial charge in [0.05, 0.1) is 25.1 Å². The zero-order valence-electron chi connectivity index (χ0n) is 28.9. The second-order valence-electron chi connectivity index (χ2n) is 12.5. The van der Waals surface area contributed by atoms with Gasteiger partial charge < -0.3 is 57.5 Å². The van der Waals surface area contributed by atoms with Crippen LogP contribution in [-0.2, 0) is 44.3 Å². The number of phosphoric ester groups is 1. The molecule has 1 aromatic rings. The average molecular weight is 764 g/mol. The summed E-state index contributed by atoms with van der Waals surface area (Å²) >= 11 is 1.36. The smallest absolute Gasteiger partial charge is 0.394 e. The van der Waals surface area contributed by atoms with E-state index in [0.29, 0.717) is 24.4 Å². The summed E-state index contributed by atoms with van der Waals surface area (Å²) in [5.74, 6) is -4.75. The molecule has 0 saturated carbocycles. The molecule has 0 bridgehead atoms. The Bertz CT molecular complexity index is 1380. The van der Waals surface area contributed by atoms with Crippen molar-refractivity contribution in [2.45, 2.75) is 95.2 Å².